The number of urea groups is 1. The molecule has 10 heteroatoms. The number of amides is 3. The number of hydrogen-bond acceptors (Lipinski definition) is 8. The molecule has 1 aliphatic rings. The average Bonchev–Trinajstić information content (AvgIpc) is 2.82. The molecule has 206 valence electrons. The van der Waals surface area contributed by atoms with Gasteiger partial charge in [-0.1, -0.05) is 30.3 Å². The van der Waals surface area contributed by atoms with Gasteiger partial charge < -0.3 is 24.4 Å². The predicted octanol–water partition coefficient (Wildman–Crippen LogP) is 3.94. The van der Waals surface area contributed by atoms with Crippen molar-refractivity contribution in [2.24, 2.45) is 0 Å². The molecule has 1 N–H and O–H groups in total. The smallest absolute Gasteiger partial charge is 0.360 e. The van der Waals surface area contributed by atoms with E-state index < -0.39 is 35.2 Å². The van der Waals surface area contributed by atoms with Gasteiger partial charge in [0.2, 0.25) is 5.91 Å². The summed E-state index contributed by atoms with van der Waals surface area (Å²) < 4.78 is 17.4. The van der Waals surface area contributed by atoms with Crippen molar-refractivity contribution in [1.29, 1.82) is 0 Å². The fourth-order valence-corrected chi connectivity index (χ4v) is 3.80. The molecule has 0 unspecified atom stereocenters. The Hall–Kier alpha value is -3.11. The average molecular weight is 520 g/mol. The number of carbonyl (C=O) groups excluding carboxylic acids is 3. The Morgan fingerprint density at radius 2 is 1.73 bits per heavy atom. The lowest BCUT2D eigenvalue weighted by Crippen LogP contribution is -2.60. The van der Waals surface area contributed by atoms with Crippen LogP contribution < -0.4 is 5.32 Å². The number of imide groups is 1. The SMILES string of the molecule is CN/C=C\ON(C[C@H](OC1CCOCC1)c1ccccc1)C(=O)N(C(C)=O)C(C)(C)C(=O)OC(C)(C)C. The number of carbonyl (C=O) groups is 3. The van der Waals surface area contributed by atoms with Gasteiger partial charge in [0.1, 0.15) is 23.5 Å². The molecule has 1 saturated heterocycles. The molecule has 0 bridgehead atoms. The molecule has 3 amide bonds. The fraction of sp³-hybridized carbons (Fsp3) is 0.593. The van der Waals surface area contributed by atoms with E-state index in [0.717, 1.165) is 28.4 Å². The van der Waals surface area contributed by atoms with Crippen LogP contribution in [-0.2, 0) is 28.6 Å². The zero-order valence-electron chi connectivity index (χ0n) is 23.0. The van der Waals surface area contributed by atoms with Crippen LogP contribution in [0.5, 0.6) is 0 Å². The Balaban J connectivity index is 2.40. The van der Waals surface area contributed by atoms with Crippen LogP contribution in [0.2, 0.25) is 0 Å². The lowest BCUT2D eigenvalue weighted by molar-refractivity contribution is -0.172. The molecule has 1 aromatic rings. The Morgan fingerprint density at radius 3 is 2.27 bits per heavy atom. The maximum atomic E-state index is 13.8. The summed E-state index contributed by atoms with van der Waals surface area (Å²) in [5.41, 5.74) is -1.57. The van der Waals surface area contributed by atoms with Gasteiger partial charge in [-0.15, -0.1) is 0 Å². The summed E-state index contributed by atoms with van der Waals surface area (Å²) >= 11 is 0. The molecule has 0 saturated carbocycles. The van der Waals surface area contributed by atoms with Gasteiger partial charge in [-0.2, -0.15) is 5.06 Å². The number of esters is 1. The minimum Gasteiger partial charge on any atom is -0.458 e. The van der Waals surface area contributed by atoms with Crippen molar-refractivity contribution in [2.45, 2.75) is 77.7 Å². The van der Waals surface area contributed by atoms with Gasteiger partial charge in [0.15, 0.2) is 0 Å². The summed E-state index contributed by atoms with van der Waals surface area (Å²) in [7, 11) is 1.68. The molecule has 10 nitrogen and oxygen atoms in total. The highest BCUT2D eigenvalue weighted by molar-refractivity contribution is 5.99. The number of nitrogens with zero attached hydrogens (tertiary/aromatic N) is 2. The first-order valence-electron chi connectivity index (χ1n) is 12.5. The van der Waals surface area contributed by atoms with E-state index in [4.69, 9.17) is 19.0 Å². The molecular weight excluding hydrogens is 478 g/mol. The number of hydrogen-bond donors (Lipinski definition) is 1. The van der Waals surface area contributed by atoms with Crippen molar-refractivity contribution in [3.63, 3.8) is 0 Å². The zero-order chi connectivity index (χ0) is 27.6. The van der Waals surface area contributed by atoms with Gasteiger partial charge in [0.25, 0.3) is 0 Å². The van der Waals surface area contributed by atoms with Crippen LogP contribution in [0.15, 0.2) is 42.8 Å². The van der Waals surface area contributed by atoms with E-state index in [1.165, 1.54) is 33.2 Å². The molecule has 1 atom stereocenters. The van der Waals surface area contributed by atoms with Gasteiger partial charge in [0.05, 0.1) is 12.6 Å². The molecule has 1 aromatic carbocycles. The zero-order valence-corrected chi connectivity index (χ0v) is 23.0. The standard InChI is InChI=1S/C27H41N3O7/c1-20(31)30(27(5,6)24(32)37-26(2,3)4)25(33)29(35-18-15-28-7)19-23(21-11-9-8-10-12-21)36-22-13-16-34-17-14-22/h8-12,15,18,22-23,28H,13-14,16-17,19H2,1-7H3/b18-15-/t23-/m0/s1. The number of benzene rings is 1. The van der Waals surface area contributed by atoms with E-state index in [0.29, 0.717) is 13.2 Å². The van der Waals surface area contributed by atoms with Crippen molar-refractivity contribution in [3.05, 3.63) is 48.4 Å². The molecule has 0 aliphatic carbocycles. The van der Waals surface area contributed by atoms with E-state index in [9.17, 15) is 14.4 Å². The van der Waals surface area contributed by atoms with Crippen LogP contribution in [0.4, 0.5) is 4.79 Å². The highest BCUT2D eigenvalue weighted by Crippen LogP contribution is 2.27. The topological polar surface area (TPSA) is 107 Å². The lowest BCUT2D eigenvalue weighted by Gasteiger charge is -2.39. The molecule has 1 fully saturated rings. The fourth-order valence-electron chi connectivity index (χ4n) is 3.80. The summed E-state index contributed by atoms with van der Waals surface area (Å²) in [6, 6.07) is 8.66. The summed E-state index contributed by atoms with van der Waals surface area (Å²) in [4.78, 5) is 46.1. The number of rotatable bonds is 10. The highest BCUT2D eigenvalue weighted by Gasteiger charge is 2.46. The third-order valence-corrected chi connectivity index (χ3v) is 5.63. The van der Waals surface area contributed by atoms with Crippen LogP contribution in [-0.4, -0.2) is 71.9 Å². The maximum absolute atomic E-state index is 13.8. The second-order valence-electron chi connectivity index (χ2n) is 10.3. The van der Waals surface area contributed by atoms with Crippen molar-refractivity contribution in [2.75, 3.05) is 26.8 Å². The summed E-state index contributed by atoms with van der Waals surface area (Å²) in [6.07, 6.45) is 3.61. The molecule has 2 rings (SSSR count). The number of nitrogens with one attached hydrogen (secondary N) is 1. The number of hydroxylamine groups is 2. The van der Waals surface area contributed by atoms with Gasteiger partial charge in [-0.05, 0) is 53.0 Å². The van der Waals surface area contributed by atoms with Crippen molar-refractivity contribution in [1.82, 2.24) is 15.3 Å². The highest BCUT2D eigenvalue weighted by atomic mass is 16.7. The van der Waals surface area contributed by atoms with Crippen molar-refractivity contribution >= 4 is 17.9 Å². The summed E-state index contributed by atoms with van der Waals surface area (Å²) in [5, 5.41) is 3.82. The van der Waals surface area contributed by atoms with Crippen LogP contribution in [0, 0.1) is 0 Å². The summed E-state index contributed by atoms with van der Waals surface area (Å²) in [6.45, 7) is 10.5. The Labute approximate surface area is 219 Å². The van der Waals surface area contributed by atoms with Gasteiger partial charge in [0, 0.05) is 33.4 Å². The molecule has 0 spiro atoms. The molecule has 37 heavy (non-hydrogen) atoms. The van der Waals surface area contributed by atoms with E-state index in [1.54, 1.807) is 27.8 Å². The van der Waals surface area contributed by atoms with Crippen LogP contribution in [0.25, 0.3) is 0 Å². The molecular formula is C27H41N3O7. The van der Waals surface area contributed by atoms with E-state index >= 15 is 0 Å². The molecule has 1 heterocycles. The predicted molar refractivity (Wildman–Crippen MR) is 138 cm³/mol. The first-order valence-corrected chi connectivity index (χ1v) is 12.5. The molecule has 1 aliphatic heterocycles. The Kier molecular flexibility index (Phi) is 10.9. The third kappa shape index (κ3) is 9.05. The minimum atomic E-state index is -1.60. The minimum absolute atomic E-state index is 0.0392. The molecule has 0 radical (unpaired) electrons. The summed E-state index contributed by atoms with van der Waals surface area (Å²) in [5.74, 6) is -1.35. The van der Waals surface area contributed by atoms with E-state index in [2.05, 4.69) is 5.32 Å². The van der Waals surface area contributed by atoms with Gasteiger partial charge >= 0.3 is 12.0 Å². The Bertz CT molecular complexity index is 922. The Morgan fingerprint density at radius 1 is 1.11 bits per heavy atom. The largest absolute Gasteiger partial charge is 0.458 e. The second kappa shape index (κ2) is 13.4. The first kappa shape index (κ1) is 30.1. The number of ether oxygens (including phenoxy) is 3. The van der Waals surface area contributed by atoms with Crippen molar-refractivity contribution in [3.8, 4) is 0 Å². The normalized spacial score (nSPS) is 15.6. The third-order valence-electron chi connectivity index (χ3n) is 5.63. The maximum Gasteiger partial charge on any atom is 0.360 e. The van der Waals surface area contributed by atoms with Gasteiger partial charge in [-0.25, -0.2) is 14.5 Å². The van der Waals surface area contributed by atoms with Crippen LogP contribution in [0.1, 0.15) is 66.1 Å². The van der Waals surface area contributed by atoms with Gasteiger partial charge in [-0.3, -0.25) is 4.79 Å². The van der Waals surface area contributed by atoms with Crippen LogP contribution >= 0.6 is 0 Å². The molecule has 0 aromatic heterocycles. The lowest BCUT2D eigenvalue weighted by atomic mass is 10.0. The van der Waals surface area contributed by atoms with Crippen LogP contribution in [0.3, 0.4) is 0 Å². The first-order chi connectivity index (χ1) is 17.4. The van der Waals surface area contributed by atoms with E-state index in [-0.39, 0.29) is 12.6 Å². The monoisotopic (exact) mass is 519 g/mol. The second-order valence-corrected chi connectivity index (χ2v) is 10.3. The van der Waals surface area contributed by atoms with Crippen molar-refractivity contribution < 1.29 is 33.4 Å². The quantitative estimate of drug-likeness (QED) is 0.282. The van der Waals surface area contributed by atoms with E-state index in [1.807, 2.05) is 30.3 Å².